The molecule has 33 heavy (non-hydrogen) atoms. The first-order valence-corrected chi connectivity index (χ1v) is 12.0. The van der Waals surface area contributed by atoms with Crippen LogP contribution in [0.2, 0.25) is 0 Å². The average Bonchev–Trinajstić information content (AvgIpc) is 3.40. The predicted molar refractivity (Wildman–Crippen MR) is 130 cm³/mol. The zero-order valence-corrected chi connectivity index (χ0v) is 19.1. The number of thiophene rings is 1. The van der Waals surface area contributed by atoms with Crippen molar-refractivity contribution >= 4 is 34.7 Å². The number of carbonyl (C=O) groups is 3. The van der Waals surface area contributed by atoms with Crippen molar-refractivity contribution in [2.24, 2.45) is 5.92 Å². The van der Waals surface area contributed by atoms with Crippen LogP contribution in [0, 0.1) is 5.92 Å². The number of piperidine rings is 1. The molecule has 1 fully saturated rings. The third-order valence-electron chi connectivity index (χ3n) is 5.85. The first-order valence-electron chi connectivity index (χ1n) is 11.1. The Kier molecular flexibility index (Phi) is 7.52. The highest BCUT2D eigenvalue weighted by Crippen LogP contribution is 2.21. The molecule has 1 aliphatic heterocycles. The number of nitrogens with one attached hydrogen (secondary N) is 2. The molecule has 2 heterocycles. The van der Waals surface area contributed by atoms with Crippen molar-refractivity contribution in [3.05, 3.63) is 88.6 Å². The fourth-order valence-electron chi connectivity index (χ4n) is 4.04. The summed E-state index contributed by atoms with van der Waals surface area (Å²) in [6.07, 6.45) is 1.62. The van der Waals surface area contributed by atoms with E-state index >= 15 is 0 Å². The summed E-state index contributed by atoms with van der Waals surface area (Å²) in [7, 11) is 0. The number of likely N-dealkylation sites (tertiary alicyclic amines) is 1. The quantitative estimate of drug-likeness (QED) is 0.559. The summed E-state index contributed by atoms with van der Waals surface area (Å²) >= 11 is 1.35. The summed E-state index contributed by atoms with van der Waals surface area (Å²) < 4.78 is 0. The van der Waals surface area contributed by atoms with Crippen LogP contribution >= 0.6 is 11.3 Å². The van der Waals surface area contributed by atoms with Gasteiger partial charge in [0.15, 0.2) is 0 Å². The number of carbonyl (C=O) groups excluding carboxylic acids is 3. The largest absolute Gasteiger partial charge is 0.341 e. The molecule has 3 aromatic rings. The maximum atomic E-state index is 13.4. The highest BCUT2D eigenvalue weighted by Gasteiger charge is 2.32. The minimum atomic E-state index is -0.656. The molecule has 0 unspecified atom stereocenters. The van der Waals surface area contributed by atoms with Gasteiger partial charge in [-0.3, -0.25) is 14.4 Å². The molecule has 1 aliphatic rings. The van der Waals surface area contributed by atoms with Crippen molar-refractivity contribution in [3.8, 4) is 0 Å². The van der Waals surface area contributed by atoms with Crippen molar-refractivity contribution in [3.63, 3.8) is 0 Å². The van der Waals surface area contributed by atoms with E-state index < -0.39 is 6.04 Å². The Labute approximate surface area is 197 Å². The Bertz CT molecular complexity index is 1060. The number of nitrogens with zero attached hydrogens (tertiary/aromatic N) is 1. The van der Waals surface area contributed by atoms with Gasteiger partial charge < -0.3 is 15.5 Å². The third-order valence-corrected chi connectivity index (χ3v) is 6.72. The molecule has 0 saturated carbocycles. The van der Waals surface area contributed by atoms with E-state index in [4.69, 9.17) is 0 Å². The lowest BCUT2D eigenvalue weighted by Gasteiger charge is -2.34. The zero-order valence-electron chi connectivity index (χ0n) is 18.3. The molecule has 1 aromatic heterocycles. The van der Waals surface area contributed by atoms with Gasteiger partial charge in [0.2, 0.25) is 11.8 Å². The van der Waals surface area contributed by atoms with Crippen LogP contribution in [0.15, 0.2) is 78.2 Å². The normalized spacial score (nSPS) is 15.0. The predicted octanol–water partition coefficient (Wildman–Crippen LogP) is 3.97. The molecule has 1 atom stereocenters. The Morgan fingerprint density at radius 2 is 1.58 bits per heavy atom. The minimum absolute atomic E-state index is 0.0138. The van der Waals surface area contributed by atoms with E-state index in [1.807, 2.05) is 72.1 Å². The lowest BCUT2D eigenvalue weighted by atomic mass is 9.94. The Morgan fingerprint density at radius 1 is 0.909 bits per heavy atom. The highest BCUT2D eigenvalue weighted by molar-refractivity contribution is 7.12. The van der Waals surface area contributed by atoms with E-state index in [-0.39, 0.29) is 23.6 Å². The lowest BCUT2D eigenvalue weighted by Crippen LogP contribution is -2.52. The average molecular weight is 462 g/mol. The molecule has 170 valence electrons. The van der Waals surface area contributed by atoms with Gasteiger partial charge in [-0.15, -0.1) is 11.3 Å². The maximum Gasteiger partial charge on any atom is 0.262 e. The number of rotatable bonds is 7. The number of benzene rings is 2. The van der Waals surface area contributed by atoms with E-state index in [0.29, 0.717) is 37.2 Å². The van der Waals surface area contributed by atoms with Gasteiger partial charge >= 0.3 is 0 Å². The SMILES string of the molecule is O=C(N[C@@H](Cc1ccccc1)C(=O)N1CCC(C(=O)Nc2ccccc2)CC1)c1cccs1. The highest BCUT2D eigenvalue weighted by atomic mass is 32.1. The first kappa shape index (κ1) is 22.7. The second-order valence-corrected chi connectivity index (χ2v) is 9.10. The standard InChI is InChI=1S/C26H27N3O3S/c30-24(27-21-10-5-2-6-11-21)20-13-15-29(16-14-20)26(32)22(18-19-8-3-1-4-9-19)28-25(31)23-12-7-17-33-23/h1-12,17,20,22H,13-16,18H2,(H,27,30)(H,28,31)/t22-/m0/s1. The number of hydrogen-bond acceptors (Lipinski definition) is 4. The first-order chi connectivity index (χ1) is 16.1. The van der Waals surface area contributed by atoms with Crippen molar-refractivity contribution in [1.82, 2.24) is 10.2 Å². The summed E-state index contributed by atoms with van der Waals surface area (Å²) in [5, 5.41) is 7.73. The molecule has 7 heteroatoms. The van der Waals surface area contributed by atoms with Crippen LogP contribution in [-0.4, -0.2) is 41.8 Å². The lowest BCUT2D eigenvalue weighted by molar-refractivity contribution is -0.136. The smallest absolute Gasteiger partial charge is 0.262 e. The van der Waals surface area contributed by atoms with E-state index in [1.165, 1.54) is 11.3 Å². The third kappa shape index (κ3) is 6.08. The molecule has 3 amide bonds. The van der Waals surface area contributed by atoms with E-state index in [1.54, 1.807) is 11.0 Å². The molecule has 2 aromatic carbocycles. The second-order valence-electron chi connectivity index (χ2n) is 8.15. The molecule has 4 rings (SSSR count). The number of para-hydroxylation sites is 1. The van der Waals surface area contributed by atoms with Gasteiger partial charge in [0.05, 0.1) is 4.88 Å². The Morgan fingerprint density at radius 3 is 2.21 bits per heavy atom. The van der Waals surface area contributed by atoms with Gasteiger partial charge in [-0.1, -0.05) is 54.6 Å². The molecule has 1 saturated heterocycles. The number of hydrogen-bond donors (Lipinski definition) is 2. The van der Waals surface area contributed by atoms with Gasteiger partial charge in [0.1, 0.15) is 6.04 Å². The number of anilines is 1. The molecule has 0 bridgehead atoms. The molecule has 2 N–H and O–H groups in total. The summed E-state index contributed by atoms with van der Waals surface area (Å²) in [4.78, 5) is 41.1. The minimum Gasteiger partial charge on any atom is -0.341 e. The number of amides is 3. The zero-order chi connectivity index (χ0) is 23.0. The summed E-state index contributed by atoms with van der Waals surface area (Å²) in [5.41, 5.74) is 1.76. The Balaban J connectivity index is 1.38. The van der Waals surface area contributed by atoms with Crippen molar-refractivity contribution in [2.75, 3.05) is 18.4 Å². The van der Waals surface area contributed by atoms with E-state index in [2.05, 4.69) is 10.6 Å². The van der Waals surface area contributed by atoms with Crippen molar-refractivity contribution in [2.45, 2.75) is 25.3 Å². The van der Waals surface area contributed by atoms with Gasteiger partial charge in [-0.05, 0) is 42.0 Å². The van der Waals surface area contributed by atoms with Crippen LogP contribution in [0.25, 0.3) is 0 Å². The molecular weight excluding hydrogens is 434 g/mol. The van der Waals surface area contributed by atoms with E-state index in [9.17, 15) is 14.4 Å². The molecule has 6 nitrogen and oxygen atoms in total. The van der Waals surface area contributed by atoms with Crippen LogP contribution in [0.1, 0.15) is 28.1 Å². The molecular formula is C26H27N3O3S. The molecule has 0 aliphatic carbocycles. The van der Waals surface area contributed by atoms with Crippen LogP contribution in [0.5, 0.6) is 0 Å². The fourth-order valence-corrected chi connectivity index (χ4v) is 4.66. The maximum absolute atomic E-state index is 13.4. The van der Waals surface area contributed by atoms with Crippen molar-refractivity contribution in [1.29, 1.82) is 0 Å². The summed E-state index contributed by atoms with van der Waals surface area (Å²) in [5.74, 6) is -0.496. The van der Waals surface area contributed by atoms with Gasteiger partial charge in [0, 0.05) is 31.1 Å². The van der Waals surface area contributed by atoms with Gasteiger partial charge in [0.25, 0.3) is 5.91 Å². The fraction of sp³-hybridized carbons (Fsp3) is 0.269. The molecule has 0 radical (unpaired) electrons. The molecule has 0 spiro atoms. The van der Waals surface area contributed by atoms with Crippen LogP contribution in [0.4, 0.5) is 5.69 Å². The summed E-state index contributed by atoms with van der Waals surface area (Å²) in [6, 6.07) is 22.0. The van der Waals surface area contributed by atoms with Crippen LogP contribution in [-0.2, 0) is 16.0 Å². The van der Waals surface area contributed by atoms with Gasteiger partial charge in [-0.2, -0.15) is 0 Å². The van der Waals surface area contributed by atoms with Gasteiger partial charge in [-0.25, -0.2) is 0 Å². The monoisotopic (exact) mass is 461 g/mol. The van der Waals surface area contributed by atoms with Crippen molar-refractivity contribution < 1.29 is 14.4 Å². The Hall–Kier alpha value is -3.45. The summed E-state index contributed by atoms with van der Waals surface area (Å²) in [6.45, 7) is 0.984. The van der Waals surface area contributed by atoms with E-state index in [0.717, 1.165) is 11.3 Å². The second kappa shape index (κ2) is 10.9. The van der Waals surface area contributed by atoms with Crippen LogP contribution < -0.4 is 10.6 Å². The van der Waals surface area contributed by atoms with Crippen LogP contribution in [0.3, 0.4) is 0 Å². The topological polar surface area (TPSA) is 78.5 Å².